The van der Waals surface area contributed by atoms with Gasteiger partial charge in [-0.15, -0.1) is 11.8 Å². The van der Waals surface area contributed by atoms with E-state index in [1.807, 2.05) is 26.0 Å². The van der Waals surface area contributed by atoms with Crippen molar-refractivity contribution in [1.82, 2.24) is 0 Å². The molecular weight excluding hydrogens is 220 g/mol. The van der Waals surface area contributed by atoms with Crippen LogP contribution in [0.5, 0.6) is 0 Å². The number of hydrogen-bond donors (Lipinski definition) is 0. The zero-order chi connectivity index (χ0) is 12.1. The Morgan fingerprint density at radius 2 is 1.81 bits per heavy atom. The van der Waals surface area contributed by atoms with E-state index < -0.39 is 0 Å². The maximum absolute atomic E-state index is 11.6. The van der Waals surface area contributed by atoms with Crippen LogP contribution >= 0.6 is 11.8 Å². The van der Waals surface area contributed by atoms with Gasteiger partial charge in [-0.1, -0.05) is 31.5 Å². The van der Waals surface area contributed by atoms with Crippen LogP contribution in [0, 0.1) is 12.8 Å². The Bertz CT molecular complexity index is 343. The topological polar surface area (TPSA) is 26.3 Å². The van der Waals surface area contributed by atoms with Crippen LogP contribution in [0.3, 0.4) is 0 Å². The van der Waals surface area contributed by atoms with Crippen molar-refractivity contribution in [1.29, 1.82) is 0 Å². The second kappa shape index (κ2) is 5.94. The monoisotopic (exact) mass is 238 g/mol. The first-order chi connectivity index (χ1) is 7.54. The van der Waals surface area contributed by atoms with E-state index in [0.717, 1.165) is 4.90 Å². The molecule has 0 heterocycles. The molecule has 0 aliphatic carbocycles. The summed E-state index contributed by atoms with van der Waals surface area (Å²) >= 11 is 1.56. The summed E-state index contributed by atoms with van der Waals surface area (Å²) in [7, 11) is 1.44. The van der Waals surface area contributed by atoms with E-state index in [1.54, 1.807) is 11.8 Å². The minimum Gasteiger partial charge on any atom is -0.468 e. The van der Waals surface area contributed by atoms with Crippen molar-refractivity contribution in [2.75, 3.05) is 7.11 Å². The highest BCUT2D eigenvalue weighted by atomic mass is 32.2. The molecule has 1 aromatic carbocycles. The van der Waals surface area contributed by atoms with Gasteiger partial charge in [-0.3, -0.25) is 4.79 Å². The Morgan fingerprint density at radius 3 is 2.25 bits per heavy atom. The molecule has 0 aromatic heterocycles. The number of aryl methyl sites for hydroxylation is 1. The lowest BCUT2D eigenvalue weighted by molar-refractivity contribution is -0.140. The van der Waals surface area contributed by atoms with Crippen LogP contribution in [0.25, 0.3) is 0 Å². The van der Waals surface area contributed by atoms with Crippen molar-refractivity contribution >= 4 is 17.7 Å². The average molecular weight is 238 g/mol. The Labute approximate surface area is 101 Å². The number of thioether (sulfide) groups is 1. The van der Waals surface area contributed by atoms with Gasteiger partial charge in [-0.05, 0) is 25.0 Å². The molecule has 0 radical (unpaired) electrons. The van der Waals surface area contributed by atoms with Gasteiger partial charge in [0.15, 0.2) is 0 Å². The van der Waals surface area contributed by atoms with Crippen molar-refractivity contribution in [3.05, 3.63) is 29.8 Å². The fourth-order valence-corrected chi connectivity index (χ4v) is 2.39. The van der Waals surface area contributed by atoms with Crippen LogP contribution in [0.4, 0.5) is 0 Å². The smallest absolute Gasteiger partial charge is 0.319 e. The summed E-state index contributed by atoms with van der Waals surface area (Å²) in [6, 6.07) is 8.19. The van der Waals surface area contributed by atoms with Gasteiger partial charge in [-0.25, -0.2) is 0 Å². The molecular formula is C13H18O2S. The molecule has 0 N–H and O–H groups in total. The number of benzene rings is 1. The summed E-state index contributed by atoms with van der Waals surface area (Å²) in [5.41, 5.74) is 1.23. The number of hydrogen-bond acceptors (Lipinski definition) is 3. The first-order valence-electron chi connectivity index (χ1n) is 5.35. The zero-order valence-electron chi connectivity index (χ0n) is 10.2. The number of carbonyl (C=O) groups is 1. The van der Waals surface area contributed by atoms with Gasteiger partial charge in [0.05, 0.1) is 7.11 Å². The molecule has 16 heavy (non-hydrogen) atoms. The van der Waals surface area contributed by atoms with Crippen LogP contribution in [-0.2, 0) is 9.53 Å². The SMILES string of the molecule is COC(=O)C(Sc1ccc(C)cc1)C(C)C. The highest BCUT2D eigenvalue weighted by Crippen LogP contribution is 2.29. The van der Waals surface area contributed by atoms with Gasteiger partial charge in [0, 0.05) is 4.90 Å². The number of methoxy groups -OCH3 is 1. The molecule has 0 bridgehead atoms. The number of esters is 1. The molecule has 0 aliphatic heterocycles. The van der Waals surface area contributed by atoms with E-state index in [9.17, 15) is 4.79 Å². The highest BCUT2D eigenvalue weighted by molar-refractivity contribution is 8.00. The van der Waals surface area contributed by atoms with E-state index in [0.29, 0.717) is 0 Å². The molecule has 0 fully saturated rings. The standard InChI is InChI=1S/C13H18O2S/c1-9(2)12(13(14)15-4)16-11-7-5-10(3)6-8-11/h5-9,12H,1-4H3. The fraction of sp³-hybridized carbons (Fsp3) is 0.462. The third-order valence-corrected chi connectivity index (χ3v) is 3.86. The highest BCUT2D eigenvalue weighted by Gasteiger charge is 2.23. The Morgan fingerprint density at radius 1 is 1.25 bits per heavy atom. The second-order valence-electron chi connectivity index (χ2n) is 4.12. The largest absolute Gasteiger partial charge is 0.468 e. The molecule has 1 atom stereocenters. The molecule has 3 heteroatoms. The maximum atomic E-state index is 11.6. The van der Waals surface area contributed by atoms with E-state index in [2.05, 4.69) is 19.1 Å². The molecule has 0 amide bonds. The maximum Gasteiger partial charge on any atom is 0.319 e. The van der Waals surface area contributed by atoms with Crippen LogP contribution in [0.2, 0.25) is 0 Å². The lowest BCUT2D eigenvalue weighted by Crippen LogP contribution is -2.24. The Kier molecular flexibility index (Phi) is 4.87. The van der Waals surface area contributed by atoms with Crippen LogP contribution in [0.1, 0.15) is 19.4 Å². The summed E-state index contributed by atoms with van der Waals surface area (Å²) in [6.45, 7) is 6.11. The summed E-state index contributed by atoms with van der Waals surface area (Å²) in [6.07, 6.45) is 0. The summed E-state index contributed by atoms with van der Waals surface area (Å²) < 4.78 is 4.81. The van der Waals surface area contributed by atoms with Gasteiger partial charge in [0.1, 0.15) is 5.25 Å². The molecule has 0 saturated heterocycles. The van der Waals surface area contributed by atoms with Crippen LogP contribution in [-0.4, -0.2) is 18.3 Å². The quantitative estimate of drug-likeness (QED) is 0.595. The van der Waals surface area contributed by atoms with E-state index in [1.165, 1.54) is 12.7 Å². The van der Waals surface area contributed by atoms with Crippen LogP contribution in [0.15, 0.2) is 29.2 Å². The van der Waals surface area contributed by atoms with Gasteiger partial charge in [0.25, 0.3) is 0 Å². The first kappa shape index (κ1) is 13.1. The van der Waals surface area contributed by atoms with Crippen molar-refractivity contribution in [2.24, 2.45) is 5.92 Å². The predicted molar refractivity (Wildman–Crippen MR) is 67.7 cm³/mol. The molecule has 88 valence electrons. The number of ether oxygens (including phenoxy) is 1. The van der Waals surface area contributed by atoms with E-state index >= 15 is 0 Å². The molecule has 1 aromatic rings. The predicted octanol–water partition coefficient (Wildman–Crippen LogP) is 3.28. The van der Waals surface area contributed by atoms with E-state index in [4.69, 9.17) is 4.74 Å². The van der Waals surface area contributed by atoms with Gasteiger partial charge < -0.3 is 4.74 Å². The van der Waals surface area contributed by atoms with Crippen molar-refractivity contribution < 1.29 is 9.53 Å². The third-order valence-electron chi connectivity index (χ3n) is 2.32. The van der Waals surface area contributed by atoms with Gasteiger partial charge >= 0.3 is 5.97 Å². The normalized spacial score (nSPS) is 12.6. The Balaban J connectivity index is 2.75. The summed E-state index contributed by atoms with van der Waals surface area (Å²) in [5.74, 6) is 0.110. The first-order valence-corrected chi connectivity index (χ1v) is 6.23. The molecule has 1 rings (SSSR count). The van der Waals surface area contributed by atoms with Crippen molar-refractivity contribution in [3.8, 4) is 0 Å². The lowest BCUT2D eigenvalue weighted by Gasteiger charge is -2.17. The number of carbonyl (C=O) groups excluding carboxylic acids is 1. The van der Waals surface area contributed by atoms with Crippen molar-refractivity contribution in [3.63, 3.8) is 0 Å². The van der Waals surface area contributed by atoms with Gasteiger partial charge in [0.2, 0.25) is 0 Å². The molecule has 0 aliphatic rings. The van der Waals surface area contributed by atoms with Crippen LogP contribution < -0.4 is 0 Å². The molecule has 1 unspecified atom stereocenters. The lowest BCUT2D eigenvalue weighted by atomic mass is 10.1. The minimum absolute atomic E-state index is 0.132. The zero-order valence-corrected chi connectivity index (χ0v) is 11.0. The fourth-order valence-electron chi connectivity index (χ4n) is 1.34. The molecule has 2 nitrogen and oxygen atoms in total. The minimum atomic E-state index is -0.152. The second-order valence-corrected chi connectivity index (χ2v) is 5.33. The summed E-state index contributed by atoms with van der Waals surface area (Å²) in [4.78, 5) is 12.7. The molecule has 0 spiro atoms. The van der Waals surface area contributed by atoms with Gasteiger partial charge in [-0.2, -0.15) is 0 Å². The summed E-state index contributed by atoms with van der Waals surface area (Å²) in [5, 5.41) is -0.132. The number of rotatable bonds is 4. The third kappa shape index (κ3) is 3.56. The molecule has 0 saturated carbocycles. The Hall–Kier alpha value is -0.960. The van der Waals surface area contributed by atoms with Crippen molar-refractivity contribution in [2.45, 2.75) is 30.9 Å². The average Bonchev–Trinajstić information content (AvgIpc) is 2.27. The van der Waals surface area contributed by atoms with E-state index in [-0.39, 0.29) is 17.1 Å².